The molecule has 3 rings (SSSR count). The van der Waals surface area contributed by atoms with Gasteiger partial charge in [-0.2, -0.15) is 0 Å². The SMILES string of the molecule is CC1(CN2CCc3cc(S(N)(=O)=O)ccc32)CCNC1.Cl. The minimum Gasteiger partial charge on any atom is -0.370 e. The van der Waals surface area contributed by atoms with Crippen LogP contribution in [-0.2, 0) is 16.4 Å². The number of anilines is 1. The summed E-state index contributed by atoms with van der Waals surface area (Å²) in [6, 6.07) is 5.23. The molecule has 5 nitrogen and oxygen atoms in total. The number of primary sulfonamides is 1. The summed E-state index contributed by atoms with van der Waals surface area (Å²) < 4.78 is 22.8. The summed E-state index contributed by atoms with van der Waals surface area (Å²) in [5, 5.41) is 8.61. The van der Waals surface area contributed by atoms with Crippen LogP contribution in [0.5, 0.6) is 0 Å². The number of nitrogens with one attached hydrogen (secondary N) is 1. The largest absolute Gasteiger partial charge is 0.370 e. The van der Waals surface area contributed by atoms with Crippen molar-refractivity contribution < 1.29 is 8.42 Å². The Kier molecular flexibility index (Phi) is 4.54. The van der Waals surface area contributed by atoms with E-state index in [1.165, 1.54) is 6.42 Å². The minimum atomic E-state index is -3.60. The first-order valence-electron chi connectivity index (χ1n) is 6.99. The molecular weight excluding hydrogens is 310 g/mol. The quantitative estimate of drug-likeness (QED) is 0.870. The monoisotopic (exact) mass is 331 g/mol. The number of nitrogens with two attached hydrogens (primary N) is 1. The number of rotatable bonds is 3. The van der Waals surface area contributed by atoms with Crippen molar-refractivity contribution in [1.29, 1.82) is 0 Å². The van der Waals surface area contributed by atoms with Crippen LogP contribution in [0.3, 0.4) is 0 Å². The standard InChI is InChI=1S/C14H21N3O2S.ClH/c1-14(5-6-16-9-14)10-17-7-4-11-8-12(20(15,18)19)2-3-13(11)17;/h2-3,8,16H,4-7,9-10H2,1H3,(H2,15,18,19);1H. The maximum atomic E-state index is 11.4. The predicted octanol–water partition coefficient (Wildman–Crippen LogP) is 1.12. The molecular formula is C14H22ClN3O2S. The van der Waals surface area contributed by atoms with E-state index in [1.54, 1.807) is 12.1 Å². The summed E-state index contributed by atoms with van der Waals surface area (Å²) in [6.45, 7) is 6.42. The molecule has 3 N–H and O–H groups in total. The lowest BCUT2D eigenvalue weighted by Gasteiger charge is -2.31. The Bertz CT molecular complexity index is 627. The highest BCUT2D eigenvalue weighted by atomic mass is 35.5. The molecule has 7 heteroatoms. The molecule has 0 aromatic heterocycles. The van der Waals surface area contributed by atoms with E-state index >= 15 is 0 Å². The summed E-state index contributed by atoms with van der Waals surface area (Å²) in [5.74, 6) is 0. The predicted molar refractivity (Wildman–Crippen MR) is 86.6 cm³/mol. The summed E-state index contributed by atoms with van der Waals surface area (Å²) >= 11 is 0. The second-order valence-electron chi connectivity index (χ2n) is 6.24. The number of hydrogen-bond donors (Lipinski definition) is 2. The third kappa shape index (κ3) is 3.34. The van der Waals surface area contributed by atoms with Gasteiger partial charge in [-0.1, -0.05) is 6.92 Å². The number of sulfonamides is 1. The number of nitrogens with zero attached hydrogens (tertiary/aromatic N) is 1. The Morgan fingerprint density at radius 3 is 2.81 bits per heavy atom. The van der Waals surface area contributed by atoms with Gasteiger partial charge in [0.2, 0.25) is 10.0 Å². The fourth-order valence-corrected chi connectivity index (χ4v) is 3.82. The van der Waals surface area contributed by atoms with Crippen molar-refractivity contribution in [2.24, 2.45) is 10.6 Å². The van der Waals surface area contributed by atoms with Crippen LogP contribution in [0.25, 0.3) is 0 Å². The van der Waals surface area contributed by atoms with Gasteiger partial charge in [0.1, 0.15) is 0 Å². The summed E-state index contributed by atoms with van der Waals surface area (Å²) in [7, 11) is -3.60. The maximum Gasteiger partial charge on any atom is 0.238 e. The van der Waals surface area contributed by atoms with E-state index in [0.717, 1.165) is 43.9 Å². The van der Waals surface area contributed by atoms with E-state index in [2.05, 4.69) is 17.1 Å². The lowest BCUT2D eigenvalue weighted by molar-refractivity contribution is 0.367. The smallest absolute Gasteiger partial charge is 0.238 e. The summed E-state index contributed by atoms with van der Waals surface area (Å²) in [5.41, 5.74) is 2.55. The molecule has 0 bridgehead atoms. The van der Waals surface area contributed by atoms with E-state index in [9.17, 15) is 8.42 Å². The molecule has 0 spiro atoms. The molecule has 1 atom stereocenters. The number of hydrogen-bond acceptors (Lipinski definition) is 4. The zero-order valence-corrected chi connectivity index (χ0v) is 13.8. The maximum absolute atomic E-state index is 11.4. The first kappa shape index (κ1) is 16.5. The van der Waals surface area contributed by atoms with Gasteiger partial charge in [0.15, 0.2) is 0 Å². The van der Waals surface area contributed by atoms with Crippen molar-refractivity contribution in [2.75, 3.05) is 31.1 Å². The molecule has 2 aliphatic rings. The van der Waals surface area contributed by atoms with Gasteiger partial charge in [-0.15, -0.1) is 12.4 Å². The highest BCUT2D eigenvalue weighted by Gasteiger charge is 2.33. The van der Waals surface area contributed by atoms with Gasteiger partial charge >= 0.3 is 0 Å². The molecule has 2 aliphatic heterocycles. The molecule has 21 heavy (non-hydrogen) atoms. The molecule has 0 radical (unpaired) electrons. The summed E-state index contributed by atoms with van der Waals surface area (Å²) in [6.07, 6.45) is 2.08. The third-order valence-electron chi connectivity index (χ3n) is 4.40. The Hall–Kier alpha value is -0.820. The van der Waals surface area contributed by atoms with Gasteiger partial charge in [0.05, 0.1) is 4.90 Å². The van der Waals surface area contributed by atoms with Crippen LogP contribution in [0, 0.1) is 5.41 Å². The van der Waals surface area contributed by atoms with Crippen molar-refractivity contribution in [1.82, 2.24) is 5.32 Å². The number of benzene rings is 1. The van der Waals surface area contributed by atoms with Crippen LogP contribution >= 0.6 is 12.4 Å². The van der Waals surface area contributed by atoms with E-state index in [1.807, 2.05) is 6.07 Å². The number of halogens is 1. The van der Waals surface area contributed by atoms with E-state index in [4.69, 9.17) is 5.14 Å². The van der Waals surface area contributed by atoms with E-state index in [-0.39, 0.29) is 17.3 Å². The first-order valence-corrected chi connectivity index (χ1v) is 8.53. The van der Waals surface area contributed by atoms with Gasteiger partial charge in [0.25, 0.3) is 0 Å². The minimum absolute atomic E-state index is 0. The molecule has 1 unspecified atom stereocenters. The summed E-state index contributed by atoms with van der Waals surface area (Å²) in [4.78, 5) is 2.58. The van der Waals surface area contributed by atoms with Gasteiger partial charge < -0.3 is 10.2 Å². The highest BCUT2D eigenvalue weighted by Crippen LogP contribution is 2.34. The normalized spacial score (nSPS) is 24.8. The van der Waals surface area contributed by atoms with Crippen molar-refractivity contribution in [3.8, 4) is 0 Å². The molecule has 2 heterocycles. The Balaban J connectivity index is 0.00000161. The lowest BCUT2D eigenvalue weighted by Crippen LogP contribution is -2.36. The zero-order valence-electron chi connectivity index (χ0n) is 12.1. The van der Waals surface area contributed by atoms with Gasteiger partial charge in [-0.3, -0.25) is 0 Å². The fraction of sp³-hybridized carbons (Fsp3) is 0.571. The topological polar surface area (TPSA) is 75.4 Å². The molecule has 0 saturated carbocycles. The molecule has 1 fully saturated rings. The van der Waals surface area contributed by atoms with Crippen LogP contribution in [0.15, 0.2) is 23.1 Å². The van der Waals surface area contributed by atoms with E-state index < -0.39 is 10.0 Å². The molecule has 1 aromatic carbocycles. The van der Waals surface area contributed by atoms with Crippen LogP contribution in [0.4, 0.5) is 5.69 Å². The van der Waals surface area contributed by atoms with Gasteiger partial charge in [0, 0.05) is 25.3 Å². The van der Waals surface area contributed by atoms with Gasteiger partial charge in [-0.25, -0.2) is 13.6 Å². The molecule has 0 amide bonds. The van der Waals surface area contributed by atoms with Crippen LogP contribution in [0.2, 0.25) is 0 Å². The number of fused-ring (bicyclic) bond motifs is 1. The van der Waals surface area contributed by atoms with Crippen molar-refractivity contribution in [3.05, 3.63) is 23.8 Å². The lowest BCUT2D eigenvalue weighted by atomic mass is 9.89. The van der Waals surface area contributed by atoms with Crippen molar-refractivity contribution >= 4 is 28.1 Å². The van der Waals surface area contributed by atoms with E-state index in [0.29, 0.717) is 5.41 Å². The third-order valence-corrected chi connectivity index (χ3v) is 5.31. The molecule has 118 valence electrons. The molecule has 0 aliphatic carbocycles. The average molecular weight is 332 g/mol. The Labute approximate surface area is 132 Å². The van der Waals surface area contributed by atoms with Gasteiger partial charge in [-0.05, 0) is 48.6 Å². The Morgan fingerprint density at radius 2 is 2.19 bits per heavy atom. The second-order valence-corrected chi connectivity index (χ2v) is 7.81. The molecule has 1 saturated heterocycles. The van der Waals surface area contributed by atoms with Crippen molar-refractivity contribution in [2.45, 2.75) is 24.7 Å². The first-order chi connectivity index (χ1) is 9.37. The van der Waals surface area contributed by atoms with Crippen LogP contribution in [0.1, 0.15) is 18.9 Å². The zero-order chi connectivity index (χ0) is 14.4. The average Bonchev–Trinajstić information content (AvgIpc) is 2.96. The highest BCUT2D eigenvalue weighted by molar-refractivity contribution is 7.89. The van der Waals surface area contributed by atoms with Crippen LogP contribution < -0.4 is 15.4 Å². The van der Waals surface area contributed by atoms with Crippen LogP contribution in [-0.4, -0.2) is 34.6 Å². The second kappa shape index (κ2) is 5.76. The van der Waals surface area contributed by atoms with Crippen molar-refractivity contribution in [3.63, 3.8) is 0 Å². The fourth-order valence-electron chi connectivity index (χ4n) is 3.25. The Morgan fingerprint density at radius 1 is 1.43 bits per heavy atom. The molecule has 1 aromatic rings.